The predicted molar refractivity (Wildman–Crippen MR) is 37.9 cm³/mol. The highest BCUT2D eigenvalue weighted by Gasteiger charge is 2.29. The van der Waals surface area contributed by atoms with Crippen LogP contribution in [0.5, 0.6) is 0 Å². The first-order valence-corrected chi connectivity index (χ1v) is 3.60. The topological polar surface area (TPSA) is 29.5 Å². The molecule has 1 aliphatic heterocycles. The minimum absolute atomic E-state index is 0.0443. The molecule has 11 heavy (non-hydrogen) atoms. The molecule has 0 saturated carbocycles. The number of nitrogens with zero attached hydrogens (tertiary/aromatic N) is 1. The highest BCUT2D eigenvalue weighted by molar-refractivity contribution is 5.78. The van der Waals surface area contributed by atoms with Gasteiger partial charge in [0.2, 0.25) is 5.91 Å². The number of alkyl halides is 1. The molecule has 0 unspecified atom stereocenters. The highest BCUT2D eigenvalue weighted by atomic mass is 19.1. The molecule has 0 N–H and O–H groups in total. The van der Waals surface area contributed by atoms with Crippen LogP contribution in [0.15, 0.2) is 0 Å². The normalized spacial score (nSPS) is 18.2. The maximum Gasteiger partial charge on any atom is 0.248 e. The van der Waals surface area contributed by atoms with Crippen LogP contribution >= 0.6 is 0 Å². The van der Waals surface area contributed by atoms with Gasteiger partial charge in [-0.3, -0.25) is 9.18 Å². The lowest BCUT2D eigenvalue weighted by molar-refractivity contribution is -0.141. The van der Waals surface area contributed by atoms with Crippen molar-refractivity contribution in [1.29, 1.82) is 0 Å². The Labute approximate surface area is 65.1 Å². The number of hydrogen-bond donors (Lipinski definition) is 0. The molecule has 1 heterocycles. The summed E-state index contributed by atoms with van der Waals surface area (Å²) in [6, 6.07) is 0. The van der Waals surface area contributed by atoms with E-state index >= 15 is 0 Å². The Morgan fingerprint density at radius 2 is 2.36 bits per heavy atom. The predicted octanol–water partition coefficient (Wildman–Crippen LogP) is 0.0607. The van der Waals surface area contributed by atoms with Crippen molar-refractivity contribution in [2.24, 2.45) is 5.92 Å². The second kappa shape index (κ2) is 3.67. The number of amides is 1. The average molecular weight is 161 g/mol. The number of ether oxygens (including phenoxy) is 1. The first-order valence-electron chi connectivity index (χ1n) is 3.60. The van der Waals surface area contributed by atoms with E-state index in [-0.39, 0.29) is 25.1 Å². The maximum atomic E-state index is 11.9. The first-order chi connectivity index (χ1) is 5.27. The second-order valence-corrected chi connectivity index (χ2v) is 2.75. The van der Waals surface area contributed by atoms with E-state index in [1.165, 1.54) is 7.11 Å². The summed E-state index contributed by atoms with van der Waals surface area (Å²) >= 11 is 0. The van der Waals surface area contributed by atoms with Crippen molar-refractivity contribution in [2.45, 2.75) is 0 Å². The van der Waals surface area contributed by atoms with Crippen molar-refractivity contribution in [1.82, 2.24) is 4.90 Å². The summed E-state index contributed by atoms with van der Waals surface area (Å²) in [6.45, 7) is 0.896. The number of hydrogen-bond acceptors (Lipinski definition) is 2. The molecule has 0 aromatic rings. The van der Waals surface area contributed by atoms with Crippen molar-refractivity contribution in [2.75, 3.05) is 33.5 Å². The highest BCUT2D eigenvalue weighted by Crippen LogP contribution is 2.15. The Hall–Kier alpha value is -0.640. The summed E-state index contributed by atoms with van der Waals surface area (Å²) in [5, 5.41) is 0. The first kappa shape index (κ1) is 8.46. The molecule has 1 rings (SSSR count). The molecular formula is C7H12FNO2. The van der Waals surface area contributed by atoms with E-state index in [0.29, 0.717) is 13.1 Å². The second-order valence-electron chi connectivity index (χ2n) is 2.75. The SMILES string of the molecule is COCC(=O)N1CC(CF)C1. The molecule has 0 bridgehead atoms. The number of carbonyl (C=O) groups is 1. The van der Waals surface area contributed by atoms with Gasteiger partial charge >= 0.3 is 0 Å². The molecule has 3 nitrogen and oxygen atoms in total. The minimum atomic E-state index is -0.323. The van der Waals surface area contributed by atoms with Crippen LogP contribution in [0.3, 0.4) is 0 Å². The standard InChI is InChI=1S/C7H12FNO2/c1-11-5-7(10)9-3-6(2-8)4-9/h6H,2-5H2,1H3. The van der Waals surface area contributed by atoms with Crippen molar-refractivity contribution >= 4 is 5.91 Å². The summed E-state index contributed by atoms with van der Waals surface area (Å²) < 4.78 is 16.5. The van der Waals surface area contributed by atoms with E-state index in [1.54, 1.807) is 4.90 Å². The fourth-order valence-electron chi connectivity index (χ4n) is 1.09. The Bertz CT molecular complexity index is 145. The van der Waals surface area contributed by atoms with Gasteiger partial charge < -0.3 is 9.64 Å². The summed E-state index contributed by atoms with van der Waals surface area (Å²) in [6.07, 6.45) is 0. The maximum absolute atomic E-state index is 11.9. The van der Waals surface area contributed by atoms with Gasteiger partial charge in [-0.15, -0.1) is 0 Å². The lowest BCUT2D eigenvalue weighted by atomic mass is 10.0. The van der Waals surface area contributed by atoms with Crippen molar-refractivity contribution in [3.05, 3.63) is 0 Å². The van der Waals surface area contributed by atoms with Gasteiger partial charge in [0.1, 0.15) is 6.61 Å². The number of carbonyl (C=O) groups excluding carboxylic acids is 1. The van der Waals surface area contributed by atoms with Gasteiger partial charge in [0.25, 0.3) is 0 Å². The van der Waals surface area contributed by atoms with Crippen LogP contribution in [0.4, 0.5) is 4.39 Å². The third-order valence-electron chi connectivity index (χ3n) is 1.80. The summed E-state index contributed by atoms with van der Waals surface area (Å²) in [4.78, 5) is 12.6. The van der Waals surface area contributed by atoms with Gasteiger partial charge in [-0.05, 0) is 0 Å². The molecule has 1 saturated heterocycles. The van der Waals surface area contributed by atoms with Gasteiger partial charge in [-0.2, -0.15) is 0 Å². The van der Waals surface area contributed by atoms with Crippen LogP contribution < -0.4 is 0 Å². The van der Waals surface area contributed by atoms with Crippen LogP contribution in [-0.2, 0) is 9.53 Å². The quantitative estimate of drug-likeness (QED) is 0.585. The van der Waals surface area contributed by atoms with Crippen LogP contribution in [0.2, 0.25) is 0 Å². The number of halogens is 1. The Kier molecular flexibility index (Phi) is 2.82. The van der Waals surface area contributed by atoms with Gasteiger partial charge in [0, 0.05) is 26.1 Å². The molecule has 4 heteroatoms. The van der Waals surface area contributed by atoms with Crippen molar-refractivity contribution in [3.8, 4) is 0 Å². The Morgan fingerprint density at radius 3 is 2.82 bits per heavy atom. The fourth-order valence-corrected chi connectivity index (χ4v) is 1.09. The zero-order chi connectivity index (χ0) is 8.27. The van der Waals surface area contributed by atoms with E-state index in [4.69, 9.17) is 0 Å². The van der Waals surface area contributed by atoms with Crippen LogP contribution in [0, 0.1) is 5.92 Å². The molecule has 0 aliphatic carbocycles. The van der Waals surface area contributed by atoms with Crippen LogP contribution in [-0.4, -0.2) is 44.3 Å². The number of rotatable bonds is 3. The molecular weight excluding hydrogens is 149 g/mol. The zero-order valence-corrected chi connectivity index (χ0v) is 6.55. The van der Waals surface area contributed by atoms with E-state index in [2.05, 4.69) is 4.74 Å². The minimum Gasteiger partial charge on any atom is -0.375 e. The lowest BCUT2D eigenvalue weighted by Crippen LogP contribution is -2.51. The third-order valence-corrected chi connectivity index (χ3v) is 1.80. The van der Waals surface area contributed by atoms with Crippen molar-refractivity contribution in [3.63, 3.8) is 0 Å². The van der Waals surface area contributed by atoms with Gasteiger partial charge in [0.15, 0.2) is 0 Å². The van der Waals surface area contributed by atoms with Gasteiger partial charge in [-0.25, -0.2) is 0 Å². The molecule has 0 aromatic heterocycles. The molecule has 0 aromatic carbocycles. The van der Waals surface area contributed by atoms with Crippen LogP contribution in [0.1, 0.15) is 0 Å². The molecule has 1 aliphatic rings. The van der Waals surface area contributed by atoms with E-state index in [0.717, 1.165) is 0 Å². The average Bonchev–Trinajstić information content (AvgIpc) is 1.86. The summed E-state index contributed by atoms with van der Waals surface area (Å²) in [5.74, 6) is 0.0213. The molecule has 1 fully saturated rings. The van der Waals surface area contributed by atoms with Crippen molar-refractivity contribution < 1.29 is 13.9 Å². The molecule has 0 atom stereocenters. The van der Waals surface area contributed by atoms with E-state index < -0.39 is 0 Å². The largest absolute Gasteiger partial charge is 0.375 e. The van der Waals surface area contributed by atoms with Gasteiger partial charge in [0.05, 0.1) is 6.67 Å². The smallest absolute Gasteiger partial charge is 0.248 e. The third kappa shape index (κ3) is 1.89. The molecule has 1 amide bonds. The zero-order valence-electron chi connectivity index (χ0n) is 6.55. The Morgan fingerprint density at radius 1 is 1.73 bits per heavy atom. The van der Waals surface area contributed by atoms with E-state index in [9.17, 15) is 9.18 Å². The molecule has 64 valence electrons. The Balaban J connectivity index is 2.16. The fraction of sp³-hybridized carbons (Fsp3) is 0.857. The summed E-state index contributed by atoms with van der Waals surface area (Å²) in [5.41, 5.74) is 0. The molecule has 0 radical (unpaired) electrons. The van der Waals surface area contributed by atoms with Gasteiger partial charge in [-0.1, -0.05) is 0 Å². The van der Waals surface area contributed by atoms with Crippen LogP contribution in [0.25, 0.3) is 0 Å². The lowest BCUT2D eigenvalue weighted by Gasteiger charge is -2.37. The number of methoxy groups -OCH3 is 1. The monoisotopic (exact) mass is 161 g/mol. The number of likely N-dealkylation sites (tertiary alicyclic amines) is 1. The molecule has 0 spiro atoms. The van der Waals surface area contributed by atoms with E-state index in [1.807, 2.05) is 0 Å². The summed E-state index contributed by atoms with van der Waals surface area (Å²) in [7, 11) is 1.48.